The van der Waals surface area contributed by atoms with Crippen molar-refractivity contribution < 1.29 is 4.79 Å². The van der Waals surface area contributed by atoms with E-state index in [1.807, 2.05) is 49.0 Å². The van der Waals surface area contributed by atoms with E-state index in [1.165, 1.54) is 12.8 Å². The number of nitrogens with one attached hydrogen (secondary N) is 2. The standard InChI is InChI=1S/C17H20N4OS/c1-12-7-10-18-15(20-12)13-3-5-14(6-4-13)21-16(22)19-11-17(23-2)8-9-17/h3-7,10H,8-9,11H2,1-2H3,(H2,19,21,22). The predicted molar refractivity (Wildman–Crippen MR) is 94.7 cm³/mol. The summed E-state index contributed by atoms with van der Waals surface area (Å²) < 4.78 is 0.268. The monoisotopic (exact) mass is 328 g/mol. The first-order valence-electron chi connectivity index (χ1n) is 7.60. The molecule has 0 saturated heterocycles. The van der Waals surface area contributed by atoms with Crippen molar-refractivity contribution in [3.05, 3.63) is 42.2 Å². The minimum absolute atomic E-state index is 0.162. The van der Waals surface area contributed by atoms with Crippen LogP contribution in [0, 0.1) is 6.92 Å². The summed E-state index contributed by atoms with van der Waals surface area (Å²) in [6.07, 6.45) is 6.20. The third kappa shape index (κ3) is 4.01. The molecule has 1 aliphatic carbocycles. The second-order valence-electron chi connectivity index (χ2n) is 5.79. The number of aryl methyl sites for hydroxylation is 1. The zero-order valence-corrected chi connectivity index (χ0v) is 14.1. The Morgan fingerprint density at radius 1 is 1.26 bits per heavy atom. The second-order valence-corrected chi connectivity index (χ2v) is 7.07. The van der Waals surface area contributed by atoms with Crippen LogP contribution in [0.25, 0.3) is 11.4 Å². The van der Waals surface area contributed by atoms with Crippen molar-refractivity contribution in [2.45, 2.75) is 24.5 Å². The summed E-state index contributed by atoms with van der Waals surface area (Å²) in [6.45, 7) is 2.65. The topological polar surface area (TPSA) is 66.9 Å². The quantitative estimate of drug-likeness (QED) is 0.882. The maximum Gasteiger partial charge on any atom is 0.319 e. The highest BCUT2D eigenvalue weighted by molar-refractivity contribution is 8.00. The molecule has 3 rings (SSSR count). The molecule has 0 aliphatic heterocycles. The van der Waals surface area contributed by atoms with Gasteiger partial charge in [-0.25, -0.2) is 14.8 Å². The summed E-state index contributed by atoms with van der Waals surface area (Å²) in [5.41, 5.74) is 2.62. The Balaban J connectivity index is 1.58. The summed E-state index contributed by atoms with van der Waals surface area (Å²) in [5.74, 6) is 0.691. The van der Waals surface area contributed by atoms with Crippen LogP contribution in [-0.4, -0.2) is 33.5 Å². The number of hydrogen-bond donors (Lipinski definition) is 2. The molecule has 0 spiro atoms. The van der Waals surface area contributed by atoms with E-state index in [9.17, 15) is 4.79 Å². The van der Waals surface area contributed by atoms with Gasteiger partial charge < -0.3 is 10.6 Å². The zero-order valence-electron chi connectivity index (χ0n) is 13.3. The number of amides is 2. The second kappa shape index (κ2) is 6.58. The number of thioether (sulfide) groups is 1. The van der Waals surface area contributed by atoms with E-state index in [0.29, 0.717) is 5.82 Å². The van der Waals surface area contributed by atoms with Crippen LogP contribution in [-0.2, 0) is 0 Å². The molecule has 0 unspecified atom stereocenters. The van der Waals surface area contributed by atoms with Gasteiger partial charge in [-0.1, -0.05) is 0 Å². The van der Waals surface area contributed by atoms with Gasteiger partial charge in [-0.2, -0.15) is 11.8 Å². The van der Waals surface area contributed by atoms with Crippen molar-refractivity contribution in [1.82, 2.24) is 15.3 Å². The lowest BCUT2D eigenvalue weighted by atomic mass is 10.2. The number of nitrogens with zero attached hydrogens (tertiary/aromatic N) is 2. The third-order valence-electron chi connectivity index (χ3n) is 4.01. The molecule has 1 aromatic heterocycles. The van der Waals surface area contributed by atoms with E-state index < -0.39 is 0 Å². The number of hydrogen-bond acceptors (Lipinski definition) is 4. The number of benzene rings is 1. The van der Waals surface area contributed by atoms with Crippen LogP contribution < -0.4 is 10.6 Å². The molecule has 2 aromatic rings. The fraction of sp³-hybridized carbons (Fsp3) is 0.353. The van der Waals surface area contributed by atoms with Crippen molar-refractivity contribution in [3.8, 4) is 11.4 Å². The van der Waals surface area contributed by atoms with Gasteiger partial charge in [0.25, 0.3) is 0 Å². The number of carbonyl (C=O) groups excluding carboxylic acids is 1. The van der Waals surface area contributed by atoms with E-state index in [4.69, 9.17) is 0 Å². The Labute approximate surface area is 140 Å². The maximum absolute atomic E-state index is 11.9. The molecule has 5 nitrogen and oxygen atoms in total. The van der Waals surface area contributed by atoms with Gasteiger partial charge in [-0.15, -0.1) is 0 Å². The maximum atomic E-state index is 11.9. The molecule has 2 N–H and O–H groups in total. The molecule has 1 heterocycles. The highest BCUT2D eigenvalue weighted by Crippen LogP contribution is 2.46. The van der Waals surface area contributed by atoms with Crippen LogP contribution >= 0.6 is 11.8 Å². The fourth-order valence-corrected chi connectivity index (χ4v) is 3.03. The Morgan fingerprint density at radius 2 is 2.00 bits per heavy atom. The normalized spacial score (nSPS) is 15.0. The van der Waals surface area contributed by atoms with Crippen molar-refractivity contribution in [2.75, 3.05) is 18.1 Å². The first-order chi connectivity index (χ1) is 11.1. The molecule has 0 bridgehead atoms. The summed E-state index contributed by atoms with van der Waals surface area (Å²) in [6, 6.07) is 9.25. The van der Waals surface area contributed by atoms with Crippen LogP contribution in [0.5, 0.6) is 0 Å². The largest absolute Gasteiger partial charge is 0.336 e. The molecule has 120 valence electrons. The number of aromatic nitrogens is 2. The Hall–Kier alpha value is -2.08. The molecular weight excluding hydrogens is 308 g/mol. The zero-order chi connectivity index (χ0) is 16.3. The van der Waals surface area contributed by atoms with Gasteiger partial charge in [0.1, 0.15) is 0 Å². The van der Waals surface area contributed by atoms with Crippen LogP contribution in [0.1, 0.15) is 18.5 Å². The van der Waals surface area contributed by atoms with Gasteiger partial charge in [0.15, 0.2) is 5.82 Å². The van der Waals surface area contributed by atoms with E-state index >= 15 is 0 Å². The Bertz CT molecular complexity index is 698. The average molecular weight is 328 g/mol. The van der Waals surface area contributed by atoms with Crippen molar-refractivity contribution in [3.63, 3.8) is 0 Å². The smallest absolute Gasteiger partial charge is 0.319 e. The summed E-state index contributed by atoms with van der Waals surface area (Å²) in [5, 5.41) is 5.80. The Kier molecular flexibility index (Phi) is 4.52. The summed E-state index contributed by atoms with van der Waals surface area (Å²) in [7, 11) is 0. The molecule has 1 fully saturated rings. The van der Waals surface area contributed by atoms with Gasteiger partial charge in [-0.3, -0.25) is 0 Å². The fourth-order valence-electron chi connectivity index (χ4n) is 2.30. The Morgan fingerprint density at radius 3 is 2.61 bits per heavy atom. The molecule has 2 amide bonds. The van der Waals surface area contributed by atoms with Crippen LogP contribution in [0.3, 0.4) is 0 Å². The first kappa shape index (κ1) is 15.8. The minimum atomic E-state index is -0.162. The lowest BCUT2D eigenvalue weighted by Gasteiger charge is -2.13. The number of carbonyl (C=O) groups is 1. The molecule has 23 heavy (non-hydrogen) atoms. The highest BCUT2D eigenvalue weighted by Gasteiger charge is 2.41. The molecule has 1 aromatic carbocycles. The number of anilines is 1. The van der Waals surface area contributed by atoms with Crippen molar-refractivity contribution in [1.29, 1.82) is 0 Å². The lowest BCUT2D eigenvalue weighted by Crippen LogP contribution is -2.35. The van der Waals surface area contributed by atoms with E-state index in [1.54, 1.807) is 6.20 Å². The average Bonchev–Trinajstić information content (AvgIpc) is 3.34. The number of urea groups is 1. The number of rotatable bonds is 5. The van der Waals surface area contributed by atoms with Crippen LogP contribution in [0.4, 0.5) is 10.5 Å². The first-order valence-corrected chi connectivity index (χ1v) is 8.83. The molecule has 1 aliphatic rings. The summed E-state index contributed by atoms with van der Waals surface area (Å²) >= 11 is 1.83. The van der Waals surface area contributed by atoms with E-state index in [-0.39, 0.29) is 10.8 Å². The molecule has 6 heteroatoms. The predicted octanol–water partition coefficient (Wildman–Crippen LogP) is 3.47. The molecule has 0 radical (unpaired) electrons. The van der Waals surface area contributed by atoms with Gasteiger partial charge in [-0.05, 0) is 56.4 Å². The highest BCUT2D eigenvalue weighted by atomic mass is 32.2. The third-order valence-corrected chi connectivity index (χ3v) is 5.43. The molecular formula is C17H20N4OS. The van der Waals surface area contributed by atoms with Crippen molar-refractivity contribution >= 4 is 23.5 Å². The van der Waals surface area contributed by atoms with Crippen molar-refractivity contribution in [2.24, 2.45) is 0 Å². The van der Waals surface area contributed by atoms with Gasteiger partial charge in [0.05, 0.1) is 0 Å². The SMILES string of the molecule is CSC1(CNC(=O)Nc2ccc(-c3nccc(C)n3)cc2)CC1. The van der Waals surface area contributed by atoms with Gasteiger partial charge in [0.2, 0.25) is 0 Å². The van der Waals surface area contributed by atoms with E-state index in [0.717, 1.165) is 23.5 Å². The lowest BCUT2D eigenvalue weighted by molar-refractivity contribution is 0.252. The van der Waals surface area contributed by atoms with Gasteiger partial charge in [0, 0.05) is 34.4 Å². The molecule has 0 atom stereocenters. The van der Waals surface area contributed by atoms with E-state index in [2.05, 4.69) is 26.9 Å². The van der Waals surface area contributed by atoms with Crippen LogP contribution in [0.2, 0.25) is 0 Å². The molecule has 1 saturated carbocycles. The van der Waals surface area contributed by atoms with Gasteiger partial charge >= 0.3 is 6.03 Å². The summed E-state index contributed by atoms with van der Waals surface area (Å²) in [4.78, 5) is 20.6. The minimum Gasteiger partial charge on any atom is -0.336 e. The van der Waals surface area contributed by atoms with Crippen LogP contribution in [0.15, 0.2) is 36.5 Å².